The van der Waals surface area contributed by atoms with Crippen LogP contribution < -0.4 is 5.32 Å². The Morgan fingerprint density at radius 3 is 3.06 bits per heavy atom. The van der Waals surface area contributed by atoms with Gasteiger partial charge >= 0.3 is 6.09 Å². The molecule has 0 saturated heterocycles. The molecule has 2 rings (SSSR count). The fourth-order valence-electron chi connectivity index (χ4n) is 1.47. The standard InChI is InChI=1S/C13H15N3O2/c1-2-3-8-18-13(17)16-12-14-9-10-6-4-5-7-11(10)15-12/h4-7,9H,2-3,8H2,1H3,(H,14,15,16,17). The summed E-state index contributed by atoms with van der Waals surface area (Å²) < 4.78 is 4.97. The number of para-hydroxylation sites is 1. The summed E-state index contributed by atoms with van der Waals surface area (Å²) in [4.78, 5) is 19.7. The van der Waals surface area contributed by atoms with Crippen LogP contribution in [0.2, 0.25) is 0 Å². The van der Waals surface area contributed by atoms with Crippen LogP contribution in [-0.4, -0.2) is 22.7 Å². The van der Waals surface area contributed by atoms with Gasteiger partial charge in [0, 0.05) is 11.6 Å². The van der Waals surface area contributed by atoms with Gasteiger partial charge < -0.3 is 4.74 Å². The van der Waals surface area contributed by atoms with E-state index in [2.05, 4.69) is 15.3 Å². The van der Waals surface area contributed by atoms with Gasteiger partial charge in [0.15, 0.2) is 0 Å². The topological polar surface area (TPSA) is 64.1 Å². The van der Waals surface area contributed by atoms with Gasteiger partial charge in [0.05, 0.1) is 12.1 Å². The molecular weight excluding hydrogens is 230 g/mol. The van der Waals surface area contributed by atoms with E-state index >= 15 is 0 Å². The van der Waals surface area contributed by atoms with Gasteiger partial charge in [0.25, 0.3) is 0 Å². The van der Waals surface area contributed by atoms with E-state index in [1.165, 1.54) is 0 Å². The van der Waals surface area contributed by atoms with Crippen molar-refractivity contribution in [3.05, 3.63) is 30.5 Å². The number of hydrogen-bond donors (Lipinski definition) is 1. The van der Waals surface area contributed by atoms with Crippen molar-refractivity contribution < 1.29 is 9.53 Å². The molecule has 94 valence electrons. The molecule has 0 bridgehead atoms. The van der Waals surface area contributed by atoms with E-state index in [0.717, 1.165) is 23.7 Å². The maximum absolute atomic E-state index is 11.4. The van der Waals surface area contributed by atoms with E-state index in [-0.39, 0.29) is 5.95 Å². The largest absolute Gasteiger partial charge is 0.449 e. The lowest BCUT2D eigenvalue weighted by Gasteiger charge is -2.05. The number of aromatic nitrogens is 2. The Balaban J connectivity index is 2.01. The number of hydrogen-bond acceptors (Lipinski definition) is 4. The lowest BCUT2D eigenvalue weighted by atomic mass is 10.2. The van der Waals surface area contributed by atoms with E-state index in [1.54, 1.807) is 6.20 Å². The summed E-state index contributed by atoms with van der Waals surface area (Å²) in [7, 11) is 0. The van der Waals surface area contributed by atoms with Crippen LogP contribution in [0.5, 0.6) is 0 Å². The second-order valence-corrected chi connectivity index (χ2v) is 3.87. The summed E-state index contributed by atoms with van der Waals surface area (Å²) in [6.07, 6.45) is 2.99. The third-order valence-corrected chi connectivity index (χ3v) is 2.43. The third-order valence-electron chi connectivity index (χ3n) is 2.43. The predicted molar refractivity (Wildman–Crippen MR) is 69.4 cm³/mol. The lowest BCUT2D eigenvalue weighted by Crippen LogP contribution is -2.16. The minimum absolute atomic E-state index is 0.259. The second-order valence-electron chi connectivity index (χ2n) is 3.87. The SMILES string of the molecule is CCCCOC(=O)Nc1ncc2ccccc2n1. The number of carbonyl (C=O) groups excluding carboxylic acids is 1. The van der Waals surface area contributed by atoms with Crippen molar-refractivity contribution >= 4 is 22.9 Å². The molecule has 0 saturated carbocycles. The van der Waals surface area contributed by atoms with Crippen LogP contribution in [-0.2, 0) is 4.74 Å². The highest BCUT2D eigenvalue weighted by Gasteiger charge is 2.05. The van der Waals surface area contributed by atoms with Crippen LogP contribution in [0.3, 0.4) is 0 Å². The summed E-state index contributed by atoms with van der Waals surface area (Å²) >= 11 is 0. The first kappa shape index (κ1) is 12.3. The van der Waals surface area contributed by atoms with Crippen molar-refractivity contribution in [1.82, 2.24) is 9.97 Å². The molecule has 0 aliphatic carbocycles. The summed E-state index contributed by atoms with van der Waals surface area (Å²) in [5.74, 6) is 0.259. The van der Waals surface area contributed by atoms with Crippen molar-refractivity contribution in [2.45, 2.75) is 19.8 Å². The molecule has 1 amide bonds. The van der Waals surface area contributed by atoms with Gasteiger partial charge in [-0.05, 0) is 12.5 Å². The number of rotatable bonds is 4. The van der Waals surface area contributed by atoms with Crippen LogP contribution in [0.4, 0.5) is 10.7 Å². The summed E-state index contributed by atoms with van der Waals surface area (Å²) in [6, 6.07) is 7.58. The molecule has 0 atom stereocenters. The van der Waals surface area contributed by atoms with E-state index in [0.29, 0.717) is 6.61 Å². The molecule has 1 aromatic carbocycles. The Kier molecular flexibility index (Phi) is 4.06. The van der Waals surface area contributed by atoms with Gasteiger partial charge in [-0.2, -0.15) is 0 Å². The molecule has 18 heavy (non-hydrogen) atoms. The Morgan fingerprint density at radius 2 is 2.22 bits per heavy atom. The molecule has 0 fully saturated rings. The summed E-state index contributed by atoms with van der Waals surface area (Å²) in [6.45, 7) is 2.45. The molecule has 5 nitrogen and oxygen atoms in total. The van der Waals surface area contributed by atoms with Gasteiger partial charge in [0.1, 0.15) is 0 Å². The van der Waals surface area contributed by atoms with Crippen molar-refractivity contribution in [2.75, 3.05) is 11.9 Å². The number of carbonyl (C=O) groups is 1. The molecule has 0 radical (unpaired) electrons. The average Bonchev–Trinajstić information content (AvgIpc) is 2.39. The minimum Gasteiger partial charge on any atom is -0.449 e. The van der Waals surface area contributed by atoms with Crippen molar-refractivity contribution in [2.24, 2.45) is 0 Å². The second kappa shape index (κ2) is 5.95. The molecule has 0 aliphatic rings. The van der Waals surface area contributed by atoms with E-state index in [4.69, 9.17) is 4.74 Å². The van der Waals surface area contributed by atoms with Crippen LogP contribution in [0.25, 0.3) is 10.9 Å². The molecule has 2 aromatic rings. The first-order valence-corrected chi connectivity index (χ1v) is 5.95. The predicted octanol–water partition coefficient (Wildman–Crippen LogP) is 2.98. The molecule has 0 unspecified atom stereocenters. The average molecular weight is 245 g/mol. The van der Waals surface area contributed by atoms with Crippen molar-refractivity contribution in [1.29, 1.82) is 0 Å². The van der Waals surface area contributed by atoms with E-state index < -0.39 is 6.09 Å². The number of nitrogens with zero attached hydrogens (tertiary/aromatic N) is 2. The smallest absolute Gasteiger partial charge is 0.414 e. The number of amides is 1. The first-order valence-electron chi connectivity index (χ1n) is 5.95. The minimum atomic E-state index is -0.515. The first-order chi connectivity index (χ1) is 8.79. The van der Waals surface area contributed by atoms with Gasteiger partial charge in [-0.15, -0.1) is 0 Å². The monoisotopic (exact) mass is 245 g/mol. The maximum atomic E-state index is 11.4. The number of anilines is 1. The quantitative estimate of drug-likeness (QED) is 0.841. The highest BCUT2D eigenvalue weighted by atomic mass is 16.5. The maximum Gasteiger partial charge on any atom is 0.414 e. The zero-order valence-corrected chi connectivity index (χ0v) is 10.2. The Hall–Kier alpha value is -2.17. The zero-order chi connectivity index (χ0) is 12.8. The summed E-state index contributed by atoms with van der Waals surface area (Å²) in [5, 5.41) is 3.44. The number of benzene rings is 1. The van der Waals surface area contributed by atoms with Crippen LogP contribution in [0.1, 0.15) is 19.8 Å². The molecule has 1 aromatic heterocycles. The molecule has 0 aliphatic heterocycles. The van der Waals surface area contributed by atoms with Gasteiger partial charge in [-0.25, -0.2) is 14.8 Å². The fraction of sp³-hybridized carbons (Fsp3) is 0.308. The molecule has 5 heteroatoms. The Morgan fingerprint density at radius 1 is 1.39 bits per heavy atom. The number of ether oxygens (including phenoxy) is 1. The fourth-order valence-corrected chi connectivity index (χ4v) is 1.47. The molecular formula is C13H15N3O2. The Labute approximate surface area is 105 Å². The number of nitrogens with one attached hydrogen (secondary N) is 1. The molecule has 1 N–H and O–H groups in total. The normalized spacial score (nSPS) is 10.3. The third kappa shape index (κ3) is 3.16. The molecule has 1 heterocycles. The van der Waals surface area contributed by atoms with Crippen LogP contribution in [0.15, 0.2) is 30.5 Å². The highest BCUT2D eigenvalue weighted by molar-refractivity contribution is 5.84. The molecule has 0 spiro atoms. The van der Waals surface area contributed by atoms with Crippen molar-refractivity contribution in [3.8, 4) is 0 Å². The van der Waals surface area contributed by atoms with Crippen LogP contribution in [0, 0.1) is 0 Å². The van der Waals surface area contributed by atoms with Gasteiger partial charge in [-0.3, -0.25) is 5.32 Å². The van der Waals surface area contributed by atoms with Gasteiger partial charge in [0.2, 0.25) is 5.95 Å². The lowest BCUT2D eigenvalue weighted by molar-refractivity contribution is 0.159. The Bertz CT molecular complexity index is 543. The number of unbranched alkanes of at least 4 members (excludes halogenated alkanes) is 1. The zero-order valence-electron chi connectivity index (χ0n) is 10.2. The highest BCUT2D eigenvalue weighted by Crippen LogP contribution is 2.11. The van der Waals surface area contributed by atoms with Crippen molar-refractivity contribution in [3.63, 3.8) is 0 Å². The summed E-state index contributed by atoms with van der Waals surface area (Å²) in [5.41, 5.74) is 0.788. The van der Waals surface area contributed by atoms with E-state index in [9.17, 15) is 4.79 Å². The van der Waals surface area contributed by atoms with E-state index in [1.807, 2.05) is 31.2 Å². The van der Waals surface area contributed by atoms with Gasteiger partial charge in [-0.1, -0.05) is 31.5 Å². The van der Waals surface area contributed by atoms with Crippen LogP contribution >= 0.6 is 0 Å². The number of fused-ring (bicyclic) bond motifs is 1.